The number of nitrogens with one attached hydrogen (secondary N) is 1. The van der Waals surface area contributed by atoms with E-state index in [1.54, 1.807) is 23.2 Å². The number of carbonyl (C=O) groups excluding carboxylic acids is 1. The highest BCUT2D eigenvalue weighted by Crippen LogP contribution is 2.32. The zero-order valence-corrected chi connectivity index (χ0v) is 14.8. The van der Waals surface area contributed by atoms with E-state index in [4.69, 9.17) is 9.47 Å². The summed E-state index contributed by atoms with van der Waals surface area (Å²) >= 11 is 0. The number of nitrogens with zero attached hydrogens (tertiary/aromatic N) is 3. The van der Waals surface area contributed by atoms with Gasteiger partial charge in [-0.15, -0.1) is 0 Å². The standard InChI is InChI=1S/C20H18N4O3/c1-24-17(15-6-8-21-9-7-15)11-16(23-24)12-22-20(25)5-3-14-2-4-18-19(10-14)27-13-26-18/h2-11H,12-13H2,1H3,(H,22,25). The van der Waals surface area contributed by atoms with Gasteiger partial charge in [0.05, 0.1) is 17.9 Å². The number of aromatic nitrogens is 3. The molecule has 0 unspecified atom stereocenters. The topological polar surface area (TPSA) is 78.3 Å². The Labute approximate surface area is 156 Å². The maximum atomic E-state index is 12.1. The SMILES string of the molecule is Cn1nc(CNC(=O)C=Cc2ccc3c(c2)OCO3)cc1-c1ccncc1. The third kappa shape index (κ3) is 3.82. The van der Waals surface area contributed by atoms with Crippen LogP contribution in [0.15, 0.2) is 54.9 Å². The van der Waals surface area contributed by atoms with Crippen molar-refractivity contribution in [3.63, 3.8) is 0 Å². The number of amides is 1. The van der Waals surface area contributed by atoms with Crippen LogP contribution in [0.25, 0.3) is 17.3 Å². The van der Waals surface area contributed by atoms with Crippen LogP contribution in [-0.4, -0.2) is 27.5 Å². The highest BCUT2D eigenvalue weighted by Gasteiger charge is 2.12. The summed E-state index contributed by atoms with van der Waals surface area (Å²) in [6, 6.07) is 11.3. The molecule has 1 amide bonds. The van der Waals surface area contributed by atoms with E-state index in [-0.39, 0.29) is 12.7 Å². The number of pyridine rings is 1. The molecule has 3 heterocycles. The van der Waals surface area contributed by atoms with Crippen molar-refractivity contribution < 1.29 is 14.3 Å². The van der Waals surface area contributed by atoms with Crippen molar-refractivity contribution in [2.24, 2.45) is 7.05 Å². The molecule has 1 aliphatic heterocycles. The van der Waals surface area contributed by atoms with E-state index in [9.17, 15) is 4.79 Å². The average molecular weight is 362 g/mol. The molecule has 0 atom stereocenters. The van der Waals surface area contributed by atoms with Crippen LogP contribution in [0.5, 0.6) is 11.5 Å². The third-order valence-corrected chi connectivity index (χ3v) is 4.17. The lowest BCUT2D eigenvalue weighted by atomic mass is 10.2. The molecule has 27 heavy (non-hydrogen) atoms. The Kier molecular flexibility index (Phi) is 4.57. The summed E-state index contributed by atoms with van der Waals surface area (Å²) in [5.41, 5.74) is 3.65. The number of hydrogen-bond acceptors (Lipinski definition) is 5. The second-order valence-electron chi connectivity index (χ2n) is 6.04. The quantitative estimate of drug-likeness (QED) is 0.706. The van der Waals surface area contributed by atoms with Gasteiger partial charge in [-0.25, -0.2) is 0 Å². The summed E-state index contributed by atoms with van der Waals surface area (Å²) in [7, 11) is 1.88. The molecule has 7 nitrogen and oxygen atoms in total. The summed E-state index contributed by atoms with van der Waals surface area (Å²) in [4.78, 5) is 16.1. The predicted octanol–water partition coefficient (Wildman–Crippen LogP) is 2.54. The molecule has 0 fully saturated rings. The molecule has 0 aliphatic carbocycles. The number of benzene rings is 1. The molecule has 4 rings (SSSR count). The largest absolute Gasteiger partial charge is 0.454 e. The molecule has 1 aliphatic rings. The van der Waals surface area contributed by atoms with Crippen molar-refractivity contribution in [1.29, 1.82) is 0 Å². The van der Waals surface area contributed by atoms with Gasteiger partial charge in [0, 0.05) is 31.1 Å². The molecule has 0 radical (unpaired) electrons. The number of ether oxygens (including phenoxy) is 2. The average Bonchev–Trinajstić information content (AvgIpc) is 3.31. The van der Waals surface area contributed by atoms with E-state index < -0.39 is 0 Å². The number of rotatable bonds is 5. The Hall–Kier alpha value is -3.61. The first-order valence-electron chi connectivity index (χ1n) is 8.48. The predicted molar refractivity (Wildman–Crippen MR) is 99.9 cm³/mol. The first-order chi connectivity index (χ1) is 13.2. The van der Waals surface area contributed by atoms with Crippen LogP contribution >= 0.6 is 0 Å². The van der Waals surface area contributed by atoms with Gasteiger partial charge in [-0.3, -0.25) is 14.5 Å². The van der Waals surface area contributed by atoms with Gasteiger partial charge in [-0.05, 0) is 42.0 Å². The van der Waals surface area contributed by atoms with E-state index in [1.165, 1.54) is 6.08 Å². The molecule has 3 aromatic rings. The summed E-state index contributed by atoms with van der Waals surface area (Å²) in [6.45, 7) is 0.581. The minimum Gasteiger partial charge on any atom is -0.454 e. The van der Waals surface area contributed by atoms with Crippen LogP contribution in [0.1, 0.15) is 11.3 Å². The zero-order chi connectivity index (χ0) is 18.6. The van der Waals surface area contributed by atoms with E-state index in [0.717, 1.165) is 28.3 Å². The van der Waals surface area contributed by atoms with Crippen LogP contribution in [0.3, 0.4) is 0 Å². The Morgan fingerprint density at radius 2 is 2.00 bits per heavy atom. The van der Waals surface area contributed by atoms with Gasteiger partial charge in [-0.2, -0.15) is 5.10 Å². The van der Waals surface area contributed by atoms with Crippen LogP contribution < -0.4 is 14.8 Å². The van der Waals surface area contributed by atoms with Crippen LogP contribution in [-0.2, 0) is 18.4 Å². The third-order valence-electron chi connectivity index (χ3n) is 4.17. The van der Waals surface area contributed by atoms with Gasteiger partial charge >= 0.3 is 0 Å². The molecule has 7 heteroatoms. The lowest BCUT2D eigenvalue weighted by molar-refractivity contribution is -0.116. The first kappa shape index (κ1) is 16.8. The van der Waals surface area contributed by atoms with Crippen molar-refractivity contribution in [2.75, 3.05) is 6.79 Å². The molecule has 2 aromatic heterocycles. The monoisotopic (exact) mass is 362 g/mol. The minimum absolute atomic E-state index is 0.191. The molecule has 136 valence electrons. The molecule has 1 N–H and O–H groups in total. The molecule has 0 spiro atoms. The van der Waals surface area contributed by atoms with Gasteiger partial charge in [0.1, 0.15) is 0 Å². The Balaban J connectivity index is 1.37. The number of carbonyl (C=O) groups is 1. The second-order valence-corrected chi connectivity index (χ2v) is 6.04. The lowest BCUT2D eigenvalue weighted by Crippen LogP contribution is -2.20. The fourth-order valence-electron chi connectivity index (χ4n) is 2.83. The van der Waals surface area contributed by atoms with Crippen molar-refractivity contribution in [3.8, 4) is 22.8 Å². The molecular weight excluding hydrogens is 344 g/mol. The Morgan fingerprint density at radius 3 is 2.85 bits per heavy atom. The molecule has 0 bridgehead atoms. The van der Waals surface area contributed by atoms with Gasteiger partial charge < -0.3 is 14.8 Å². The van der Waals surface area contributed by atoms with Crippen molar-refractivity contribution in [1.82, 2.24) is 20.1 Å². The van der Waals surface area contributed by atoms with Gasteiger partial charge in [-0.1, -0.05) is 6.07 Å². The minimum atomic E-state index is -0.191. The highest BCUT2D eigenvalue weighted by atomic mass is 16.7. The molecule has 1 aromatic carbocycles. The maximum Gasteiger partial charge on any atom is 0.244 e. The van der Waals surface area contributed by atoms with Gasteiger partial charge in [0.25, 0.3) is 0 Å². The Bertz CT molecular complexity index is 996. The summed E-state index contributed by atoms with van der Waals surface area (Å²) in [5.74, 6) is 1.22. The second kappa shape index (κ2) is 7.33. The van der Waals surface area contributed by atoms with Gasteiger partial charge in [0.15, 0.2) is 11.5 Å². The van der Waals surface area contributed by atoms with Crippen LogP contribution in [0.2, 0.25) is 0 Å². The number of fused-ring (bicyclic) bond motifs is 1. The van der Waals surface area contributed by atoms with Crippen molar-refractivity contribution in [2.45, 2.75) is 6.54 Å². The van der Waals surface area contributed by atoms with E-state index in [1.807, 2.05) is 43.4 Å². The van der Waals surface area contributed by atoms with Crippen molar-refractivity contribution in [3.05, 3.63) is 66.1 Å². The normalized spacial score (nSPS) is 12.5. The molecule has 0 saturated heterocycles. The van der Waals surface area contributed by atoms with Crippen LogP contribution in [0, 0.1) is 0 Å². The summed E-state index contributed by atoms with van der Waals surface area (Å²) < 4.78 is 12.4. The Morgan fingerprint density at radius 1 is 1.19 bits per heavy atom. The maximum absolute atomic E-state index is 12.1. The fraction of sp³-hybridized carbons (Fsp3) is 0.150. The molecule has 0 saturated carbocycles. The van der Waals surface area contributed by atoms with Crippen molar-refractivity contribution >= 4 is 12.0 Å². The van der Waals surface area contributed by atoms with E-state index in [0.29, 0.717) is 12.3 Å². The van der Waals surface area contributed by atoms with Gasteiger partial charge in [0.2, 0.25) is 12.7 Å². The first-order valence-corrected chi connectivity index (χ1v) is 8.48. The fourth-order valence-corrected chi connectivity index (χ4v) is 2.83. The smallest absolute Gasteiger partial charge is 0.244 e. The van der Waals surface area contributed by atoms with E-state index >= 15 is 0 Å². The number of aryl methyl sites for hydroxylation is 1. The lowest BCUT2D eigenvalue weighted by Gasteiger charge is -1.99. The summed E-state index contributed by atoms with van der Waals surface area (Å²) in [6.07, 6.45) is 6.71. The highest BCUT2D eigenvalue weighted by molar-refractivity contribution is 5.91. The number of hydrogen-bond donors (Lipinski definition) is 1. The molecular formula is C20H18N4O3. The zero-order valence-electron chi connectivity index (χ0n) is 14.8. The summed E-state index contributed by atoms with van der Waals surface area (Å²) in [5, 5.41) is 7.29. The van der Waals surface area contributed by atoms with E-state index in [2.05, 4.69) is 15.4 Å². The van der Waals surface area contributed by atoms with Crippen LogP contribution in [0.4, 0.5) is 0 Å².